The van der Waals surface area contributed by atoms with E-state index in [4.69, 9.17) is 10.5 Å². The smallest absolute Gasteiger partial charge is 0.0702 e. The largest absolute Gasteiger partial charge is 0.398 e. The maximum Gasteiger partial charge on any atom is 0.0702 e. The van der Waals surface area contributed by atoms with Gasteiger partial charge in [0.2, 0.25) is 0 Å². The molecule has 1 atom stereocenters. The van der Waals surface area contributed by atoms with Crippen molar-refractivity contribution >= 4 is 21.6 Å². The Morgan fingerprint density at radius 3 is 3.00 bits per heavy atom. The van der Waals surface area contributed by atoms with Gasteiger partial charge in [0.05, 0.1) is 6.10 Å². The Labute approximate surface area is 111 Å². The van der Waals surface area contributed by atoms with Gasteiger partial charge in [0.25, 0.3) is 0 Å². The number of nitrogen functional groups attached to an aromatic ring is 1. The molecular formula is C13H19BrN2O. The van der Waals surface area contributed by atoms with E-state index in [1.54, 1.807) is 0 Å². The Balaban J connectivity index is 1.88. The van der Waals surface area contributed by atoms with E-state index in [2.05, 4.69) is 33.9 Å². The fourth-order valence-corrected chi connectivity index (χ4v) is 2.45. The molecule has 1 aromatic carbocycles. The minimum atomic E-state index is 0.410. The lowest BCUT2D eigenvalue weighted by molar-refractivity contribution is 0.0793. The van der Waals surface area contributed by atoms with Crippen LogP contribution >= 0.6 is 15.9 Å². The molecule has 1 aliphatic heterocycles. The second-order valence-electron chi connectivity index (χ2n) is 4.69. The molecule has 0 bridgehead atoms. The number of ether oxygens (including phenoxy) is 1. The van der Waals surface area contributed by atoms with E-state index in [-0.39, 0.29) is 0 Å². The third-order valence-electron chi connectivity index (χ3n) is 3.05. The van der Waals surface area contributed by atoms with Crippen LogP contribution in [-0.4, -0.2) is 31.2 Å². The molecule has 4 heteroatoms. The highest BCUT2D eigenvalue weighted by molar-refractivity contribution is 9.10. The number of benzene rings is 1. The first-order valence-corrected chi connectivity index (χ1v) is 6.78. The Bertz CT molecular complexity index is 378. The lowest BCUT2D eigenvalue weighted by atomic mass is 10.2. The number of hydrogen-bond acceptors (Lipinski definition) is 3. The highest BCUT2D eigenvalue weighted by Gasteiger charge is 2.17. The van der Waals surface area contributed by atoms with Crippen molar-refractivity contribution in [2.24, 2.45) is 0 Å². The average Bonchev–Trinajstić information content (AvgIpc) is 2.76. The molecule has 0 aliphatic carbocycles. The molecule has 17 heavy (non-hydrogen) atoms. The van der Waals surface area contributed by atoms with E-state index in [1.165, 1.54) is 18.4 Å². The quantitative estimate of drug-likeness (QED) is 0.869. The lowest BCUT2D eigenvalue weighted by Gasteiger charge is -2.20. The molecule has 0 aromatic heterocycles. The van der Waals surface area contributed by atoms with E-state index in [0.717, 1.165) is 29.9 Å². The summed E-state index contributed by atoms with van der Waals surface area (Å²) in [6, 6.07) is 6.13. The van der Waals surface area contributed by atoms with Gasteiger partial charge in [-0.3, -0.25) is 4.90 Å². The number of likely N-dealkylation sites (N-methyl/N-ethyl adjacent to an activating group) is 1. The van der Waals surface area contributed by atoms with Crippen LogP contribution in [0, 0.1) is 0 Å². The van der Waals surface area contributed by atoms with Gasteiger partial charge in [0.1, 0.15) is 0 Å². The van der Waals surface area contributed by atoms with E-state index in [9.17, 15) is 0 Å². The van der Waals surface area contributed by atoms with Crippen LogP contribution in [0.15, 0.2) is 22.7 Å². The molecule has 0 saturated carbocycles. The van der Waals surface area contributed by atoms with Crippen LogP contribution in [0.2, 0.25) is 0 Å². The van der Waals surface area contributed by atoms with Crippen LogP contribution in [0.3, 0.4) is 0 Å². The van der Waals surface area contributed by atoms with Gasteiger partial charge in [-0.15, -0.1) is 0 Å². The minimum absolute atomic E-state index is 0.410. The van der Waals surface area contributed by atoms with Gasteiger partial charge in [0, 0.05) is 29.9 Å². The maximum absolute atomic E-state index is 5.87. The normalized spacial score (nSPS) is 20.1. The van der Waals surface area contributed by atoms with Crippen LogP contribution in [0.25, 0.3) is 0 Å². The van der Waals surface area contributed by atoms with Crippen molar-refractivity contribution in [2.45, 2.75) is 25.5 Å². The van der Waals surface area contributed by atoms with Crippen LogP contribution in [0.4, 0.5) is 5.69 Å². The molecule has 1 aliphatic rings. The second kappa shape index (κ2) is 5.85. The highest BCUT2D eigenvalue weighted by atomic mass is 79.9. The van der Waals surface area contributed by atoms with Crippen molar-refractivity contribution in [3.63, 3.8) is 0 Å². The first-order chi connectivity index (χ1) is 8.15. The molecular weight excluding hydrogens is 280 g/mol. The standard InChI is InChI=1S/C13H19BrN2O/c1-16(9-11-3-2-6-17-11)8-10-4-5-12(14)13(15)7-10/h4-5,7,11H,2-3,6,8-9,15H2,1H3. The lowest BCUT2D eigenvalue weighted by Crippen LogP contribution is -2.28. The van der Waals surface area contributed by atoms with Crippen LogP contribution in [0.5, 0.6) is 0 Å². The van der Waals surface area contributed by atoms with E-state index in [1.807, 2.05) is 12.1 Å². The Hall–Kier alpha value is -0.580. The highest BCUT2D eigenvalue weighted by Crippen LogP contribution is 2.21. The Morgan fingerprint density at radius 2 is 2.35 bits per heavy atom. The first-order valence-electron chi connectivity index (χ1n) is 5.99. The predicted molar refractivity (Wildman–Crippen MR) is 73.9 cm³/mol. The Morgan fingerprint density at radius 1 is 1.53 bits per heavy atom. The van der Waals surface area contributed by atoms with E-state index < -0.39 is 0 Å². The predicted octanol–water partition coefficient (Wildman–Crippen LogP) is 2.64. The second-order valence-corrected chi connectivity index (χ2v) is 5.54. The fraction of sp³-hybridized carbons (Fsp3) is 0.538. The summed E-state index contributed by atoms with van der Waals surface area (Å²) in [6.07, 6.45) is 2.80. The molecule has 2 N–H and O–H groups in total. The number of nitrogens with zero attached hydrogens (tertiary/aromatic N) is 1. The van der Waals surface area contributed by atoms with Gasteiger partial charge >= 0.3 is 0 Å². The first kappa shape index (κ1) is 12.9. The van der Waals surface area contributed by atoms with Crippen molar-refractivity contribution in [1.82, 2.24) is 4.90 Å². The van der Waals surface area contributed by atoms with Crippen LogP contribution in [-0.2, 0) is 11.3 Å². The van der Waals surface area contributed by atoms with Crippen molar-refractivity contribution in [2.75, 3.05) is 25.9 Å². The zero-order valence-electron chi connectivity index (χ0n) is 10.2. The summed E-state index contributed by atoms with van der Waals surface area (Å²) in [7, 11) is 2.12. The summed E-state index contributed by atoms with van der Waals surface area (Å²) in [5.74, 6) is 0. The zero-order valence-corrected chi connectivity index (χ0v) is 11.7. The molecule has 1 aromatic rings. The minimum Gasteiger partial charge on any atom is -0.398 e. The maximum atomic E-state index is 5.87. The average molecular weight is 299 g/mol. The summed E-state index contributed by atoms with van der Waals surface area (Å²) in [6.45, 7) is 2.83. The van der Waals surface area contributed by atoms with Gasteiger partial charge < -0.3 is 10.5 Å². The number of halogens is 1. The van der Waals surface area contributed by atoms with Gasteiger partial charge in [-0.25, -0.2) is 0 Å². The number of anilines is 1. The molecule has 0 amide bonds. The SMILES string of the molecule is CN(Cc1ccc(Br)c(N)c1)CC1CCCO1. The van der Waals surface area contributed by atoms with Crippen molar-refractivity contribution in [3.05, 3.63) is 28.2 Å². The summed E-state index contributed by atoms with van der Waals surface area (Å²) >= 11 is 3.41. The Kier molecular flexibility index (Phi) is 4.42. The van der Waals surface area contributed by atoms with E-state index >= 15 is 0 Å². The summed E-state index contributed by atoms with van der Waals surface area (Å²) < 4.78 is 6.59. The monoisotopic (exact) mass is 298 g/mol. The molecule has 1 unspecified atom stereocenters. The van der Waals surface area contributed by atoms with Crippen molar-refractivity contribution in [3.8, 4) is 0 Å². The third kappa shape index (κ3) is 3.69. The van der Waals surface area contributed by atoms with Crippen LogP contribution < -0.4 is 5.73 Å². The molecule has 1 heterocycles. The summed E-state index contributed by atoms with van der Waals surface area (Å²) in [5.41, 5.74) is 7.91. The van der Waals surface area contributed by atoms with Gasteiger partial charge in [0.15, 0.2) is 0 Å². The number of nitrogens with two attached hydrogens (primary N) is 1. The molecule has 0 spiro atoms. The van der Waals surface area contributed by atoms with Crippen molar-refractivity contribution < 1.29 is 4.74 Å². The fourth-order valence-electron chi connectivity index (χ4n) is 2.20. The number of hydrogen-bond donors (Lipinski definition) is 1. The third-order valence-corrected chi connectivity index (χ3v) is 3.77. The molecule has 1 saturated heterocycles. The van der Waals surface area contributed by atoms with E-state index in [0.29, 0.717) is 6.10 Å². The molecule has 94 valence electrons. The van der Waals surface area contributed by atoms with Crippen LogP contribution in [0.1, 0.15) is 18.4 Å². The summed E-state index contributed by atoms with van der Waals surface area (Å²) in [4.78, 5) is 2.29. The molecule has 1 fully saturated rings. The van der Waals surface area contributed by atoms with Crippen molar-refractivity contribution in [1.29, 1.82) is 0 Å². The summed E-state index contributed by atoms with van der Waals surface area (Å²) in [5, 5.41) is 0. The number of rotatable bonds is 4. The van der Waals surface area contributed by atoms with Gasteiger partial charge in [-0.1, -0.05) is 6.07 Å². The molecule has 0 radical (unpaired) electrons. The van der Waals surface area contributed by atoms with Gasteiger partial charge in [-0.05, 0) is 53.5 Å². The molecule has 3 nitrogen and oxygen atoms in total. The van der Waals surface area contributed by atoms with Gasteiger partial charge in [-0.2, -0.15) is 0 Å². The zero-order chi connectivity index (χ0) is 12.3. The topological polar surface area (TPSA) is 38.5 Å². The molecule has 2 rings (SSSR count).